The van der Waals surface area contributed by atoms with Crippen LogP contribution in [0.5, 0.6) is 0 Å². The van der Waals surface area contributed by atoms with Gasteiger partial charge in [-0.3, -0.25) is 9.59 Å². The van der Waals surface area contributed by atoms with Crippen molar-refractivity contribution < 1.29 is 9.59 Å². The van der Waals surface area contributed by atoms with E-state index in [0.717, 1.165) is 52.0 Å². The first-order chi connectivity index (χ1) is 12.7. The topological polar surface area (TPSA) is 43.9 Å². The Hall–Kier alpha value is -1.88. The molecule has 5 heteroatoms. The lowest BCUT2D eigenvalue weighted by Crippen LogP contribution is -2.40. The smallest absolute Gasteiger partial charge is 0.228 e. The van der Waals surface area contributed by atoms with E-state index in [1.807, 2.05) is 11.8 Å². The van der Waals surface area contributed by atoms with E-state index in [-0.39, 0.29) is 17.7 Å². The molecular weight excluding hydrogens is 326 g/mol. The van der Waals surface area contributed by atoms with Crippen LogP contribution in [-0.4, -0.2) is 72.3 Å². The summed E-state index contributed by atoms with van der Waals surface area (Å²) in [5.41, 5.74) is 1.39. The van der Waals surface area contributed by atoms with Crippen LogP contribution < -0.4 is 0 Å². The number of benzene rings is 1. The summed E-state index contributed by atoms with van der Waals surface area (Å²) in [5, 5.41) is 0. The number of amides is 2. The van der Waals surface area contributed by atoms with E-state index in [1.54, 1.807) is 4.90 Å². The number of carbonyl (C=O) groups is 2. The monoisotopic (exact) mass is 357 g/mol. The molecule has 2 amide bonds. The summed E-state index contributed by atoms with van der Waals surface area (Å²) in [7, 11) is 0. The number of carbonyl (C=O) groups excluding carboxylic acids is 2. The summed E-state index contributed by atoms with van der Waals surface area (Å²) in [6.07, 6.45) is 3.68. The van der Waals surface area contributed by atoms with Gasteiger partial charge in [0.15, 0.2) is 0 Å². The largest absolute Gasteiger partial charge is 0.342 e. The summed E-state index contributed by atoms with van der Waals surface area (Å²) in [4.78, 5) is 31.0. The standard InChI is InChI=1S/C21H31N3O2/c1-2-23-17-19(16-20(23)25)21(26)24-13-7-12-22(14-15-24)11-6-10-18-8-4-3-5-9-18/h3-5,8-9,19H,2,6-7,10-17H2,1H3/t19-/m1/s1. The van der Waals surface area contributed by atoms with Crippen LogP contribution in [0.1, 0.15) is 31.7 Å². The Labute approximate surface area is 156 Å². The summed E-state index contributed by atoms with van der Waals surface area (Å²) in [6.45, 7) is 7.99. The maximum absolute atomic E-state index is 12.8. The van der Waals surface area contributed by atoms with Gasteiger partial charge in [-0.2, -0.15) is 0 Å². The van der Waals surface area contributed by atoms with Gasteiger partial charge in [-0.05, 0) is 44.8 Å². The zero-order valence-corrected chi connectivity index (χ0v) is 15.9. The van der Waals surface area contributed by atoms with E-state index in [9.17, 15) is 9.59 Å². The Morgan fingerprint density at radius 2 is 1.92 bits per heavy atom. The molecule has 2 aliphatic rings. The molecule has 1 aromatic rings. The SMILES string of the molecule is CCN1C[C@H](C(=O)N2CCCN(CCCc3ccccc3)CC2)CC1=O. The molecule has 0 spiro atoms. The molecule has 2 fully saturated rings. The molecule has 3 rings (SSSR count). The molecule has 0 bridgehead atoms. The first-order valence-corrected chi connectivity index (χ1v) is 10.00. The van der Waals surface area contributed by atoms with Gasteiger partial charge in [0.25, 0.3) is 0 Å². The van der Waals surface area contributed by atoms with Crippen LogP contribution in [0.3, 0.4) is 0 Å². The highest BCUT2D eigenvalue weighted by Crippen LogP contribution is 2.20. The molecule has 2 aliphatic heterocycles. The number of nitrogens with zero attached hydrogens (tertiary/aromatic N) is 3. The molecule has 2 saturated heterocycles. The maximum atomic E-state index is 12.8. The van der Waals surface area contributed by atoms with Crippen molar-refractivity contribution in [3.63, 3.8) is 0 Å². The normalized spacial score (nSPS) is 21.9. The molecule has 5 nitrogen and oxygen atoms in total. The van der Waals surface area contributed by atoms with Crippen molar-refractivity contribution in [3.8, 4) is 0 Å². The molecule has 2 heterocycles. The van der Waals surface area contributed by atoms with Crippen LogP contribution in [0.25, 0.3) is 0 Å². The third kappa shape index (κ3) is 4.85. The number of hydrogen-bond acceptors (Lipinski definition) is 3. The third-order valence-corrected chi connectivity index (χ3v) is 5.63. The molecule has 0 unspecified atom stereocenters. The van der Waals surface area contributed by atoms with E-state index >= 15 is 0 Å². The van der Waals surface area contributed by atoms with Crippen molar-refractivity contribution in [2.45, 2.75) is 32.6 Å². The van der Waals surface area contributed by atoms with Crippen LogP contribution in [-0.2, 0) is 16.0 Å². The summed E-state index contributed by atoms with van der Waals surface area (Å²) >= 11 is 0. The fraction of sp³-hybridized carbons (Fsp3) is 0.619. The maximum Gasteiger partial charge on any atom is 0.228 e. The Balaban J connectivity index is 1.43. The second-order valence-electron chi connectivity index (χ2n) is 7.44. The summed E-state index contributed by atoms with van der Waals surface area (Å²) < 4.78 is 0. The van der Waals surface area contributed by atoms with Gasteiger partial charge in [-0.1, -0.05) is 30.3 Å². The number of aryl methyl sites for hydroxylation is 1. The van der Waals surface area contributed by atoms with Crippen LogP contribution in [0.4, 0.5) is 0 Å². The van der Waals surface area contributed by atoms with Crippen LogP contribution in [0.2, 0.25) is 0 Å². The van der Waals surface area contributed by atoms with E-state index in [2.05, 4.69) is 35.2 Å². The van der Waals surface area contributed by atoms with Crippen molar-refractivity contribution in [1.29, 1.82) is 0 Å². The predicted octanol–water partition coefficient (Wildman–Crippen LogP) is 2.02. The predicted molar refractivity (Wildman–Crippen MR) is 103 cm³/mol. The van der Waals surface area contributed by atoms with Crippen molar-refractivity contribution in [2.75, 3.05) is 45.8 Å². The molecule has 26 heavy (non-hydrogen) atoms. The van der Waals surface area contributed by atoms with Gasteiger partial charge in [0, 0.05) is 39.1 Å². The minimum Gasteiger partial charge on any atom is -0.342 e. The van der Waals surface area contributed by atoms with Crippen LogP contribution >= 0.6 is 0 Å². The third-order valence-electron chi connectivity index (χ3n) is 5.63. The van der Waals surface area contributed by atoms with E-state index in [0.29, 0.717) is 19.5 Å². The van der Waals surface area contributed by atoms with Crippen molar-refractivity contribution in [1.82, 2.24) is 14.7 Å². The van der Waals surface area contributed by atoms with E-state index in [4.69, 9.17) is 0 Å². The van der Waals surface area contributed by atoms with E-state index < -0.39 is 0 Å². The first-order valence-electron chi connectivity index (χ1n) is 10.00. The Kier molecular flexibility index (Phi) is 6.67. The first kappa shape index (κ1) is 18.9. The summed E-state index contributed by atoms with van der Waals surface area (Å²) in [6, 6.07) is 10.6. The quantitative estimate of drug-likeness (QED) is 0.782. The molecule has 0 N–H and O–H groups in total. The van der Waals surface area contributed by atoms with E-state index in [1.165, 1.54) is 5.56 Å². The highest BCUT2D eigenvalue weighted by molar-refractivity contribution is 5.89. The minimum absolute atomic E-state index is 0.128. The average molecular weight is 357 g/mol. The molecule has 0 aromatic heterocycles. The lowest BCUT2D eigenvalue weighted by molar-refractivity contribution is -0.135. The molecule has 1 atom stereocenters. The number of hydrogen-bond donors (Lipinski definition) is 0. The van der Waals surface area contributed by atoms with Crippen LogP contribution in [0.15, 0.2) is 30.3 Å². The summed E-state index contributed by atoms with van der Waals surface area (Å²) in [5.74, 6) is 0.177. The second kappa shape index (κ2) is 9.17. The van der Waals surface area contributed by atoms with Gasteiger partial charge >= 0.3 is 0 Å². The molecule has 0 saturated carbocycles. The second-order valence-corrected chi connectivity index (χ2v) is 7.44. The average Bonchev–Trinajstić information content (AvgIpc) is 2.88. The van der Waals surface area contributed by atoms with Crippen LogP contribution in [0, 0.1) is 5.92 Å². The Morgan fingerprint density at radius 1 is 1.12 bits per heavy atom. The zero-order valence-electron chi connectivity index (χ0n) is 15.9. The fourth-order valence-electron chi connectivity index (χ4n) is 4.07. The molecule has 142 valence electrons. The molecule has 1 aromatic carbocycles. The van der Waals surface area contributed by atoms with Gasteiger partial charge in [-0.25, -0.2) is 0 Å². The van der Waals surface area contributed by atoms with Crippen molar-refractivity contribution >= 4 is 11.8 Å². The molecular formula is C21H31N3O2. The van der Waals surface area contributed by atoms with Crippen molar-refractivity contribution in [2.24, 2.45) is 5.92 Å². The van der Waals surface area contributed by atoms with Gasteiger partial charge in [0.2, 0.25) is 11.8 Å². The highest BCUT2D eigenvalue weighted by Gasteiger charge is 2.36. The van der Waals surface area contributed by atoms with Gasteiger partial charge in [0.1, 0.15) is 0 Å². The van der Waals surface area contributed by atoms with Gasteiger partial charge in [-0.15, -0.1) is 0 Å². The number of rotatable bonds is 6. The molecule has 0 radical (unpaired) electrons. The van der Waals surface area contributed by atoms with Gasteiger partial charge in [0.05, 0.1) is 5.92 Å². The Bertz CT molecular complexity index is 605. The Morgan fingerprint density at radius 3 is 2.65 bits per heavy atom. The molecule has 0 aliphatic carbocycles. The lowest BCUT2D eigenvalue weighted by Gasteiger charge is -2.24. The van der Waals surface area contributed by atoms with Gasteiger partial charge < -0.3 is 14.7 Å². The highest BCUT2D eigenvalue weighted by atomic mass is 16.2. The number of likely N-dealkylation sites (tertiary alicyclic amines) is 1. The lowest BCUT2D eigenvalue weighted by atomic mass is 10.1. The van der Waals surface area contributed by atoms with Crippen molar-refractivity contribution in [3.05, 3.63) is 35.9 Å². The fourth-order valence-corrected chi connectivity index (χ4v) is 4.07. The minimum atomic E-state index is -0.132. The zero-order chi connectivity index (χ0) is 18.4.